The summed E-state index contributed by atoms with van der Waals surface area (Å²) in [6.07, 6.45) is 12.6. The first-order valence-corrected chi connectivity index (χ1v) is 15.3. The van der Waals surface area contributed by atoms with E-state index >= 15 is 0 Å². The molecular formula is C31H43ClNO5+. The molecule has 0 saturated carbocycles. The Labute approximate surface area is 230 Å². The summed E-state index contributed by atoms with van der Waals surface area (Å²) in [7, 11) is -2.88. The van der Waals surface area contributed by atoms with Gasteiger partial charge in [-0.15, -0.1) is 0 Å². The molecule has 2 aromatic carbocycles. The predicted octanol–water partition coefficient (Wildman–Crippen LogP) is 4.68. The van der Waals surface area contributed by atoms with Crippen LogP contribution >= 0.6 is 0 Å². The molecule has 3 rings (SSSR count). The normalized spacial score (nSPS) is 12.6. The second-order valence-corrected chi connectivity index (χ2v) is 11.0. The third-order valence-corrected chi connectivity index (χ3v) is 7.55. The predicted molar refractivity (Wildman–Crippen MR) is 142 cm³/mol. The molecule has 0 N–H and O–H groups in total. The molecule has 208 valence electrons. The van der Waals surface area contributed by atoms with E-state index in [1.165, 1.54) is 50.6 Å². The van der Waals surface area contributed by atoms with Crippen molar-refractivity contribution in [1.82, 2.24) is 0 Å². The monoisotopic (exact) mass is 544 g/mol. The number of rotatable bonds is 17. The highest BCUT2D eigenvalue weighted by Gasteiger charge is 2.28. The van der Waals surface area contributed by atoms with Gasteiger partial charge in [-0.2, -0.15) is 18.5 Å². The lowest BCUT2D eigenvalue weighted by Gasteiger charge is -2.19. The summed E-state index contributed by atoms with van der Waals surface area (Å²) >= 11 is 0. The summed E-state index contributed by atoms with van der Waals surface area (Å²) in [6.45, 7) is 5.27. The first-order valence-electron chi connectivity index (χ1n) is 14.0. The van der Waals surface area contributed by atoms with Crippen LogP contribution in [-0.4, -0.2) is 7.11 Å². The number of hydrogen-bond acceptors (Lipinski definition) is 5. The minimum Gasteiger partial charge on any atom is -0.497 e. The number of ether oxygens (including phenoxy) is 1. The Balaban J connectivity index is 1.86. The van der Waals surface area contributed by atoms with Crippen LogP contribution in [0.15, 0.2) is 54.6 Å². The molecule has 0 aliphatic heterocycles. The fourth-order valence-corrected chi connectivity index (χ4v) is 5.62. The molecule has 7 heteroatoms. The molecule has 0 fully saturated rings. The van der Waals surface area contributed by atoms with Gasteiger partial charge in [0, 0.05) is 30.5 Å². The van der Waals surface area contributed by atoms with Gasteiger partial charge in [0.05, 0.1) is 12.5 Å². The lowest BCUT2D eigenvalue weighted by Crippen LogP contribution is -2.63. The molecule has 0 radical (unpaired) electrons. The van der Waals surface area contributed by atoms with Crippen molar-refractivity contribution in [1.29, 1.82) is 0 Å². The van der Waals surface area contributed by atoms with Crippen LogP contribution in [0.5, 0.6) is 11.5 Å². The van der Waals surface area contributed by atoms with Crippen LogP contribution in [0.2, 0.25) is 0 Å². The molecule has 1 heterocycles. The molecule has 1 aromatic heterocycles. The maximum Gasteiger partial charge on any atom is 0.291 e. The third kappa shape index (κ3) is 9.12. The third-order valence-electron chi connectivity index (χ3n) is 7.19. The summed E-state index contributed by atoms with van der Waals surface area (Å²) in [5.41, 5.74) is 3.09. The van der Waals surface area contributed by atoms with Crippen LogP contribution in [0.3, 0.4) is 0 Å². The van der Waals surface area contributed by atoms with Gasteiger partial charge in [-0.3, -0.25) is 0 Å². The standard InChI is InChI=1S/C31H43ClNO5/c1-4-6-7-8-9-10-11-14-22-33-27(19-18-26-24-28(37-3)20-21-30(26)33)23-25(15-5-2)29-16-12-13-17-31(29)38-32(34,35)36/h12-13,16-21,24-25H,4-11,14-15,22-23H2,1-3H3/q+1. The van der Waals surface area contributed by atoms with E-state index in [1.807, 2.05) is 18.2 Å². The van der Waals surface area contributed by atoms with Crippen LogP contribution in [0.25, 0.3) is 10.9 Å². The summed E-state index contributed by atoms with van der Waals surface area (Å²) in [5.74, 6) is 0.952. The van der Waals surface area contributed by atoms with Crippen molar-refractivity contribution in [3.63, 3.8) is 0 Å². The van der Waals surface area contributed by atoms with Crippen molar-refractivity contribution in [3.05, 3.63) is 65.9 Å². The number of fused-ring (bicyclic) bond motifs is 1. The van der Waals surface area contributed by atoms with Crippen LogP contribution < -0.4 is 27.6 Å². The highest BCUT2D eigenvalue weighted by atomic mass is 35.7. The van der Waals surface area contributed by atoms with Crippen LogP contribution in [0.1, 0.15) is 95.2 Å². The fourth-order valence-electron chi connectivity index (χ4n) is 5.27. The zero-order valence-electron chi connectivity index (χ0n) is 23.1. The minimum atomic E-state index is -4.56. The van der Waals surface area contributed by atoms with Gasteiger partial charge < -0.3 is 4.74 Å². The average Bonchev–Trinajstić information content (AvgIpc) is 2.89. The number of pyridine rings is 1. The number of nitrogens with zero attached hydrogens (tertiary/aromatic N) is 1. The van der Waals surface area contributed by atoms with Gasteiger partial charge in [-0.1, -0.05) is 81.3 Å². The Hall–Kier alpha value is -2.38. The average molecular weight is 545 g/mol. The first-order chi connectivity index (χ1) is 18.4. The largest absolute Gasteiger partial charge is 0.497 e. The lowest BCUT2D eigenvalue weighted by molar-refractivity contribution is -1.91. The number of benzene rings is 2. The zero-order chi connectivity index (χ0) is 27.4. The quantitative estimate of drug-likeness (QED) is 0.182. The minimum absolute atomic E-state index is 0.00802. The Morgan fingerprint density at radius 2 is 1.53 bits per heavy atom. The fraction of sp³-hybridized carbons (Fsp3) is 0.516. The molecule has 0 amide bonds. The van der Waals surface area contributed by atoms with Gasteiger partial charge in [0.1, 0.15) is 22.5 Å². The number of aromatic nitrogens is 1. The van der Waals surface area contributed by atoms with Crippen LogP contribution in [-0.2, 0) is 13.0 Å². The van der Waals surface area contributed by atoms with Crippen molar-refractivity contribution in [3.8, 4) is 11.5 Å². The highest BCUT2D eigenvalue weighted by Crippen LogP contribution is 2.33. The van der Waals surface area contributed by atoms with Crippen molar-refractivity contribution < 1.29 is 37.8 Å². The van der Waals surface area contributed by atoms with Crippen LogP contribution in [0, 0.1) is 10.2 Å². The van der Waals surface area contributed by atoms with Gasteiger partial charge in [0.15, 0.2) is 5.69 Å². The SMILES string of the molecule is CCCCCCCCCC[n+]1c(CC(CCC)c2ccccc2O[Cl+3]([O-])([O-])[O-])ccc2cc(OC)ccc21. The van der Waals surface area contributed by atoms with Gasteiger partial charge in [-0.05, 0) is 43.0 Å². The maximum atomic E-state index is 11.4. The molecule has 0 spiro atoms. The van der Waals surface area contributed by atoms with E-state index in [9.17, 15) is 14.0 Å². The molecule has 38 heavy (non-hydrogen) atoms. The Kier molecular flexibility index (Phi) is 12.1. The molecule has 0 saturated heterocycles. The van der Waals surface area contributed by atoms with Gasteiger partial charge in [0.25, 0.3) is 5.75 Å². The molecule has 0 bridgehead atoms. The second kappa shape index (κ2) is 15.3. The number of methoxy groups -OCH3 is 1. The molecule has 6 nitrogen and oxygen atoms in total. The van der Waals surface area contributed by atoms with Gasteiger partial charge in [0.2, 0.25) is 5.52 Å². The van der Waals surface area contributed by atoms with E-state index in [4.69, 9.17) is 9.03 Å². The first kappa shape index (κ1) is 30.2. The van der Waals surface area contributed by atoms with Crippen LogP contribution in [0.4, 0.5) is 0 Å². The van der Waals surface area contributed by atoms with Crippen molar-refractivity contribution in [2.75, 3.05) is 7.11 Å². The number of hydrogen-bond donors (Lipinski definition) is 0. The Morgan fingerprint density at radius 1 is 0.816 bits per heavy atom. The van der Waals surface area contributed by atoms with E-state index in [0.717, 1.165) is 48.0 Å². The summed E-state index contributed by atoms with van der Waals surface area (Å²) in [5, 5.41) is 1.12. The summed E-state index contributed by atoms with van der Waals surface area (Å²) < 4.78 is 46.8. The Bertz CT molecular complexity index is 1130. The van der Waals surface area contributed by atoms with Crippen molar-refractivity contribution in [2.45, 2.75) is 96.9 Å². The topological polar surface area (TPSA) is 91.5 Å². The molecular weight excluding hydrogens is 502 g/mol. The van der Waals surface area contributed by atoms with Gasteiger partial charge >= 0.3 is 0 Å². The van der Waals surface area contributed by atoms with E-state index in [1.54, 1.807) is 19.2 Å². The summed E-state index contributed by atoms with van der Waals surface area (Å²) in [6, 6.07) is 17.5. The van der Waals surface area contributed by atoms with Crippen molar-refractivity contribution >= 4 is 10.9 Å². The molecule has 0 aliphatic carbocycles. The zero-order valence-corrected chi connectivity index (χ0v) is 23.9. The lowest BCUT2D eigenvalue weighted by atomic mass is 9.89. The van der Waals surface area contributed by atoms with E-state index in [0.29, 0.717) is 6.42 Å². The van der Waals surface area contributed by atoms with E-state index in [2.05, 4.69) is 42.7 Å². The number of halogens is 1. The van der Waals surface area contributed by atoms with Crippen molar-refractivity contribution in [2.24, 2.45) is 0 Å². The van der Waals surface area contributed by atoms with E-state index in [-0.39, 0.29) is 11.7 Å². The smallest absolute Gasteiger partial charge is 0.291 e. The number of para-hydroxylation sites is 1. The Morgan fingerprint density at radius 3 is 2.21 bits per heavy atom. The second-order valence-electron chi connectivity index (χ2n) is 10.1. The molecule has 3 aromatic rings. The maximum absolute atomic E-state index is 11.4. The molecule has 1 unspecified atom stereocenters. The number of unbranched alkanes of at least 4 members (excludes halogenated alkanes) is 7. The highest BCUT2D eigenvalue weighted by molar-refractivity contribution is 5.77. The number of aryl methyl sites for hydroxylation is 1. The molecule has 0 aliphatic rings. The molecule has 1 atom stereocenters. The van der Waals surface area contributed by atoms with Gasteiger partial charge in [-0.25, -0.2) is 0 Å². The summed E-state index contributed by atoms with van der Waals surface area (Å²) in [4.78, 5) is 0. The van der Waals surface area contributed by atoms with E-state index < -0.39 is 10.2 Å².